The zero-order valence-electron chi connectivity index (χ0n) is 18.7. The van der Waals surface area contributed by atoms with Gasteiger partial charge in [0, 0.05) is 44.0 Å². The van der Waals surface area contributed by atoms with Crippen LogP contribution >= 0.6 is 11.3 Å². The molecule has 174 valence electrons. The molecule has 0 radical (unpaired) electrons. The second-order valence-electron chi connectivity index (χ2n) is 7.97. The second-order valence-corrected chi connectivity index (χ2v) is 9.01. The molecule has 2 amide bonds. The maximum atomic E-state index is 13.3. The normalized spacial score (nSPS) is 14.3. The predicted octanol–water partition coefficient (Wildman–Crippen LogP) is 3.38. The summed E-state index contributed by atoms with van der Waals surface area (Å²) in [7, 11) is 0. The van der Waals surface area contributed by atoms with Crippen LogP contribution in [0.1, 0.15) is 30.2 Å². The molecule has 0 aliphatic carbocycles. The van der Waals surface area contributed by atoms with Crippen molar-refractivity contribution in [3.63, 3.8) is 0 Å². The van der Waals surface area contributed by atoms with Gasteiger partial charge < -0.3 is 14.5 Å². The highest BCUT2D eigenvalue weighted by atomic mass is 32.1. The fourth-order valence-electron chi connectivity index (χ4n) is 3.65. The van der Waals surface area contributed by atoms with E-state index in [9.17, 15) is 14.0 Å². The molecule has 8 heteroatoms. The van der Waals surface area contributed by atoms with Crippen LogP contribution in [0.3, 0.4) is 0 Å². The molecule has 1 aliphatic rings. The Bertz CT molecular complexity index is 839. The van der Waals surface area contributed by atoms with Gasteiger partial charge in [0.15, 0.2) is 0 Å². The van der Waals surface area contributed by atoms with Crippen LogP contribution in [0.2, 0.25) is 0 Å². The molecule has 6 nitrogen and oxygen atoms in total. The predicted molar refractivity (Wildman–Crippen MR) is 124 cm³/mol. The average molecular weight is 462 g/mol. The van der Waals surface area contributed by atoms with Crippen molar-refractivity contribution in [3.05, 3.63) is 58.0 Å². The minimum absolute atomic E-state index is 0.00645. The van der Waals surface area contributed by atoms with Gasteiger partial charge in [-0.1, -0.05) is 25.1 Å². The first kappa shape index (κ1) is 24.4. The minimum Gasteiger partial charge on any atom is -0.379 e. The fourth-order valence-corrected chi connectivity index (χ4v) is 4.37. The Morgan fingerprint density at radius 3 is 2.47 bits per heavy atom. The molecule has 0 unspecified atom stereocenters. The quantitative estimate of drug-likeness (QED) is 0.515. The molecule has 1 saturated heterocycles. The lowest BCUT2D eigenvalue weighted by Gasteiger charge is -2.31. The summed E-state index contributed by atoms with van der Waals surface area (Å²) in [4.78, 5) is 32.9. The summed E-state index contributed by atoms with van der Waals surface area (Å²) in [5, 5.41) is 1.98. The summed E-state index contributed by atoms with van der Waals surface area (Å²) < 4.78 is 18.7. The van der Waals surface area contributed by atoms with Gasteiger partial charge in [0.05, 0.1) is 26.3 Å². The standard InChI is InChI=1S/C24H32FN3O3S/c1-2-4-23(29)27(11-10-26-12-14-31-15-13-26)19-24(30)28(18-22-5-3-16-32-22)17-20-6-8-21(25)9-7-20/h3,5-9,16H,2,4,10-15,17-19H2,1H3. The summed E-state index contributed by atoms with van der Waals surface area (Å²) in [6, 6.07) is 10.2. The Morgan fingerprint density at radius 2 is 1.81 bits per heavy atom. The van der Waals surface area contributed by atoms with Gasteiger partial charge in [-0.15, -0.1) is 11.3 Å². The molecule has 2 aromatic rings. The van der Waals surface area contributed by atoms with Crippen molar-refractivity contribution in [1.82, 2.24) is 14.7 Å². The average Bonchev–Trinajstić information content (AvgIpc) is 3.31. The first-order valence-corrected chi connectivity index (χ1v) is 12.1. The van der Waals surface area contributed by atoms with E-state index in [2.05, 4.69) is 4.90 Å². The Labute approximate surface area is 193 Å². The van der Waals surface area contributed by atoms with E-state index in [1.807, 2.05) is 24.4 Å². The fraction of sp³-hybridized carbons (Fsp3) is 0.500. The number of carbonyl (C=O) groups excluding carboxylic acids is 2. The van der Waals surface area contributed by atoms with Crippen LogP contribution < -0.4 is 0 Å². The number of benzene rings is 1. The number of halogens is 1. The molecule has 0 saturated carbocycles. The number of rotatable bonds is 11. The molecule has 32 heavy (non-hydrogen) atoms. The SMILES string of the molecule is CCCC(=O)N(CCN1CCOCC1)CC(=O)N(Cc1ccc(F)cc1)Cc1cccs1. The van der Waals surface area contributed by atoms with Crippen LogP contribution in [0.25, 0.3) is 0 Å². The number of carbonyl (C=O) groups is 2. The molecule has 1 fully saturated rings. The van der Waals surface area contributed by atoms with E-state index < -0.39 is 0 Å². The van der Waals surface area contributed by atoms with Crippen LogP contribution in [0.5, 0.6) is 0 Å². The van der Waals surface area contributed by atoms with Crippen LogP contribution in [0.15, 0.2) is 41.8 Å². The van der Waals surface area contributed by atoms with Crippen LogP contribution in [0.4, 0.5) is 4.39 Å². The number of nitrogens with zero attached hydrogens (tertiary/aromatic N) is 3. The first-order chi connectivity index (χ1) is 15.5. The van der Waals surface area contributed by atoms with E-state index in [0.717, 1.165) is 36.5 Å². The third kappa shape index (κ3) is 7.69. The monoisotopic (exact) mass is 461 g/mol. The zero-order chi connectivity index (χ0) is 22.8. The Hall–Kier alpha value is -2.29. The third-order valence-corrected chi connectivity index (χ3v) is 6.36. The van der Waals surface area contributed by atoms with Gasteiger partial charge in [0.2, 0.25) is 11.8 Å². The van der Waals surface area contributed by atoms with E-state index in [1.54, 1.807) is 33.3 Å². The van der Waals surface area contributed by atoms with Gasteiger partial charge in [-0.3, -0.25) is 14.5 Å². The van der Waals surface area contributed by atoms with Crippen molar-refractivity contribution in [3.8, 4) is 0 Å². The van der Waals surface area contributed by atoms with Gasteiger partial charge in [0.25, 0.3) is 0 Å². The van der Waals surface area contributed by atoms with Crippen LogP contribution in [-0.2, 0) is 27.4 Å². The van der Waals surface area contributed by atoms with Crippen LogP contribution in [0, 0.1) is 5.82 Å². The van der Waals surface area contributed by atoms with Gasteiger partial charge in [0.1, 0.15) is 5.82 Å². The van der Waals surface area contributed by atoms with Crippen molar-refractivity contribution in [2.24, 2.45) is 0 Å². The van der Waals surface area contributed by atoms with Crippen molar-refractivity contribution >= 4 is 23.2 Å². The molecule has 3 rings (SSSR count). The summed E-state index contributed by atoms with van der Waals surface area (Å²) in [5.74, 6) is -0.398. The molecule has 0 bridgehead atoms. The van der Waals surface area contributed by atoms with E-state index in [4.69, 9.17) is 4.74 Å². The van der Waals surface area contributed by atoms with Crippen LogP contribution in [-0.4, -0.2) is 72.5 Å². The topological polar surface area (TPSA) is 53.1 Å². The van der Waals surface area contributed by atoms with E-state index in [0.29, 0.717) is 39.3 Å². The summed E-state index contributed by atoms with van der Waals surface area (Å²) in [6.07, 6.45) is 1.18. The maximum absolute atomic E-state index is 13.3. The summed E-state index contributed by atoms with van der Waals surface area (Å²) in [5.41, 5.74) is 0.857. The van der Waals surface area contributed by atoms with Gasteiger partial charge in [-0.05, 0) is 35.6 Å². The Kier molecular flexibility index (Phi) is 9.64. The highest BCUT2D eigenvalue weighted by molar-refractivity contribution is 7.09. The number of hydrogen-bond donors (Lipinski definition) is 0. The molecule has 1 aliphatic heterocycles. The highest BCUT2D eigenvalue weighted by Crippen LogP contribution is 2.16. The number of ether oxygens (including phenoxy) is 1. The lowest BCUT2D eigenvalue weighted by atomic mass is 10.2. The minimum atomic E-state index is -0.302. The van der Waals surface area contributed by atoms with Crippen molar-refractivity contribution < 1.29 is 18.7 Å². The van der Waals surface area contributed by atoms with Crippen molar-refractivity contribution in [2.45, 2.75) is 32.9 Å². The molecule has 2 heterocycles. The molecular formula is C24H32FN3O3S. The highest BCUT2D eigenvalue weighted by Gasteiger charge is 2.23. The first-order valence-electron chi connectivity index (χ1n) is 11.2. The zero-order valence-corrected chi connectivity index (χ0v) is 19.5. The van der Waals surface area contributed by atoms with Crippen molar-refractivity contribution in [1.29, 1.82) is 0 Å². The Morgan fingerprint density at radius 1 is 1.06 bits per heavy atom. The number of thiophene rings is 1. The van der Waals surface area contributed by atoms with E-state index >= 15 is 0 Å². The van der Waals surface area contributed by atoms with Gasteiger partial charge in [-0.25, -0.2) is 4.39 Å². The smallest absolute Gasteiger partial charge is 0.242 e. The largest absolute Gasteiger partial charge is 0.379 e. The summed E-state index contributed by atoms with van der Waals surface area (Å²) in [6.45, 7) is 7.21. The van der Waals surface area contributed by atoms with E-state index in [1.165, 1.54) is 12.1 Å². The lowest BCUT2D eigenvalue weighted by Crippen LogP contribution is -2.47. The molecule has 1 aromatic heterocycles. The van der Waals surface area contributed by atoms with Crippen molar-refractivity contribution in [2.75, 3.05) is 45.9 Å². The second kappa shape index (κ2) is 12.7. The molecule has 0 N–H and O–H groups in total. The summed E-state index contributed by atoms with van der Waals surface area (Å²) >= 11 is 1.59. The number of hydrogen-bond acceptors (Lipinski definition) is 5. The van der Waals surface area contributed by atoms with Gasteiger partial charge in [-0.2, -0.15) is 0 Å². The molecule has 0 spiro atoms. The molecule has 1 aromatic carbocycles. The Balaban J connectivity index is 1.68. The lowest BCUT2D eigenvalue weighted by molar-refractivity contribution is -0.141. The maximum Gasteiger partial charge on any atom is 0.242 e. The van der Waals surface area contributed by atoms with E-state index in [-0.39, 0.29) is 24.2 Å². The third-order valence-electron chi connectivity index (χ3n) is 5.50. The number of morpholine rings is 1. The molecule has 0 atom stereocenters. The molecular weight excluding hydrogens is 429 g/mol. The van der Waals surface area contributed by atoms with Gasteiger partial charge >= 0.3 is 0 Å². The number of amides is 2.